The molecular formula is C38H51FN2O4. The quantitative estimate of drug-likeness (QED) is 0.234. The molecule has 1 saturated heterocycles. The second-order valence-electron chi connectivity index (χ2n) is 13.9. The zero-order chi connectivity index (χ0) is 32.4. The number of halogens is 1. The van der Waals surface area contributed by atoms with Gasteiger partial charge in [0, 0.05) is 42.5 Å². The van der Waals surface area contributed by atoms with Gasteiger partial charge in [-0.25, -0.2) is 4.39 Å². The first-order valence-electron chi connectivity index (χ1n) is 16.5. The van der Waals surface area contributed by atoms with Crippen molar-refractivity contribution in [3.05, 3.63) is 76.6 Å². The van der Waals surface area contributed by atoms with Gasteiger partial charge in [0.1, 0.15) is 12.4 Å². The molecule has 1 atom stereocenters. The van der Waals surface area contributed by atoms with E-state index in [1.54, 1.807) is 32.4 Å². The molecule has 1 aliphatic carbocycles. The van der Waals surface area contributed by atoms with E-state index in [4.69, 9.17) is 14.2 Å². The van der Waals surface area contributed by atoms with Crippen LogP contribution in [0.2, 0.25) is 0 Å². The fourth-order valence-electron chi connectivity index (χ4n) is 7.73. The summed E-state index contributed by atoms with van der Waals surface area (Å²) in [7, 11) is 3.32. The lowest BCUT2D eigenvalue weighted by molar-refractivity contribution is -0.0342. The molecule has 0 bridgehead atoms. The van der Waals surface area contributed by atoms with Crippen molar-refractivity contribution in [3.8, 4) is 23.0 Å². The number of anilines is 1. The lowest BCUT2D eigenvalue weighted by atomic mass is 9.79. The molecule has 1 N–H and O–H groups in total. The van der Waals surface area contributed by atoms with Gasteiger partial charge in [-0.3, -0.25) is 4.90 Å². The SMILES string of the molecule is CCN(Cc1ccc(OCCN2C(C)(C)CCCC2(C)C)c(F)c1)c1cc(OC)c(OC)cc1C1CCc2cc(O)ccc2C1. The Balaban J connectivity index is 1.34. The summed E-state index contributed by atoms with van der Waals surface area (Å²) < 4.78 is 32.9. The maximum Gasteiger partial charge on any atom is 0.165 e. The van der Waals surface area contributed by atoms with Crippen LogP contribution in [0.1, 0.15) is 88.5 Å². The fraction of sp³-hybridized carbons (Fsp3) is 0.526. The molecule has 1 heterocycles. The van der Waals surface area contributed by atoms with Crippen molar-refractivity contribution in [1.29, 1.82) is 0 Å². The van der Waals surface area contributed by atoms with Gasteiger partial charge in [0.25, 0.3) is 0 Å². The molecule has 0 amide bonds. The molecule has 0 aromatic heterocycles. The number of hydrogen-bond acceptors (Lipinski definition) is 6. The van der Waals surface area contributed by atoms with Gasteiger partial charge >= 0.3 is 0 Å². The number of ether oxygens (including phenoxy) is 3. The van der Waals surface area contributed by atoms with Crippen molar-refractivity contribution in [2.24, 2.45) is 0 Å². The third kappa shape index (κ3) is 7.19. The van der Waals surface area contributed by atoms with Crippen molar-refractivity contribution in [2.75, 3.05) is 38.8 Å². The van der Waals surface area contributed by atoms with Gasteiger partial charge in [0.15, 0.2) is 23.1 Å². The predicted octanol–water partition coefficient (Wildman–Crippen LogP) is 8.27. The topological polar surface area (TPSA) is 54.4 Å². The van der Waals surface area contributed by atoms with Gasteiger partial charge in [0.2, 0.25) is 0 Å². The Kier molecular flexibility index (Phi) is 9.88. The van der Waals surface area contributed by atoms with E-state index in [1.807, 2.05) is 18.2 Å². The maximum atomic E-state index is 15.4. The molecule has 2 aliphatic rings. The molecule has 244 valence electrons. The zero-order valence-corrected chi connectivity index (χ0v) is 28.2. The number of hydrogen-bond donors (Lipinski definition) is 1. The molecule has 1 fully saturated rings. The number of phenolic OH excluding ortho intramolecular Hbond substituents is 1. The van der Waals surface area contributed by atoms with Crippen molar-refractivity contribution < 1.29 is 23.7 Å². The van der Waals surface area contributed by atoms with E-state index in [-0.39, 0.29) is 22.8 Å². The molecule has 7 heteroatoms. The molecule has 0 radical (unpaired) electrons. The summed E-state index contributed by atoms with van der Waals surface area (Å²) in [6.45, 7) is 13.8. The van der Waals surface area contributed by atoms with Crippen LogP contribution in [0.15, 0.2) is 48.5 Å². The van der Waals surface area contributed by atoms with Crippen LogP contribution in [0.4, 0.5) is 10.1 Å². The third-order valence-corrected chi connectivity index (χ3v) is 10.1. The zero-order valence-electron chi connectivity index (χ0n) is 28.2. The summed E-state index contributed by atoms with van der Waals surface area (Å²) in [6.07, 6.45) is 6.29. The Labute approximate surface area is 269 Å². The van der Waals surface area contributed by atoms with Gasteiger partial charge in [-0.2, -0.15) is 0 Å². The minimum atomic E-state index is -0.333. The van der Waals surface area contributed by atoms with Crippen LogP contribution < -0.4 is 19.1 Å². The molecule has 0 saturated carbocycles. The van der Waals surface area contributed by atoms with E-state index >= 15 is 4.39 Å². The summed E-state index contributed by atoms with van der Waals surface area (Å²) in [6, 6.07) is 15.2. The molecular weight excluding hydrogens is 567 g/mol. The Hall–Kier alpha value is -3.45. The van der Waals surface area contributed by atoms with Crippen LogP contribution in [0.5, 0.6) is 23.0 Å². The highest BCUT2D eigenvalue weighted by atomic mass is 19.1. The van der Waals surface area contributed by atoms with Crippen LogP contribution in [0.3, 0.4) is 0 Å². The van der Waals surface area contributed by atoms with Crippen molar-refractivity contribution in [3.63, 3.8) is 0 Å². The van der Waals surface area contributed by atoms with Crippen LogP contribution >= 0.6 is 0 Å². The molecule has 6 nitrogen and oxygen atoms in total. The van der Waals surface area contributed by atoms with E-state index in [9.17, 15) is 5.11 Å². The van der Waals surface area contributed by atoms with Crippen molar-refractivity contribution in [1.82, 2.24) is 4.90 Å². The van der Waals surface area contributed by atoms with Crippen LogP contribution in [-0.4, -0.2) is 55.0 Å². The first-order chi connectivity index (χ1) is 21.5. The Morgan fingerprint density at radius 1 is 0.911 bits per heavy atom. The fourth-order valence-corrected chi connectivity index (χ4v) is 7.73. The lowest BCUT2D eigenvalue weighted by Crippen LogP contribution is -2.59. The summed E-state index contributed by atoms with van der Waals surface area (Å²) in [5.74, 6) is 1.93. The normalized spacial score (nSPS) is 19.1. The van der Waals surface area contributed by atoms with Crippen molar-refractivity contribution in [2.45, 2.75) is 96.7 Å². The molecule has 5 rings (SSSR count). The third-order valence-electron chi connectivity index (χ3n) is 10.1. The molecule has 1 unspecified atom stereocenters. The van der Waals surface area contributed by atoms with Gasteiger partial charge in [-0.15, -0.1) is 0 Å². The van der Waals surface area contributed by atoms with E-state index < -0.39 is 0 Å². The number of fused-ring (bicyclic) bond motifs is 1. The predicted molar refractivity (Wildman–Crippen MR) is 180 cm³/mol. The molecule has 0 spiro atoms. The number of nitrogens with zero attached hydrogens (tertiary/aromatic N) is 2. The van der Waals surface area contributed by atoms with Gasteiger partial charge in [-0.05, 0) is 132 Å². The number of benzene rings is 3. The number of methoxy groups -OCH3 is 2. The number of rotatable bonds is 11. The first kappa shape index (κ1) is 32.9. The van der Waals surface area contributed by atoms with Gasteiger partial charge < -0.3 is 24.2 Å². The maximum absolute atomic E-state index is 15.4. The van der Waals surface area contributed by atoms with E-state index in [0.717, 1.165) is 56.4 Å². The number of phenols is 1. The second-order valence-corrected chi connectivity index (χ2v) is 13.9. The summed E-state index contributed by atoms with van der Waals surface area (Å²) >= 11 is 0. The highest BCUT2D eigenvalue weighted by Gasteiger charge is 2.40. The molecule has 1 aliphatic heterocycles. The Bertz CT molecular complexity index is 1470. The first-order valence-corrected chi connectivity index (χ1v) is 16.5. The minimum Gasteiger partial charge on any atom is -0.508 e. The second kappa shape index (κ2) is 13.5. The number of aromatic hydroxyl groups is 1. The monoisotopic (exact) mass is 618 g/mol. The van der Waals surface area contributed by atoms with Crippen LogP contribution in [0.25, 0.3) is 0 Å². The van der Waals surface area contributed by atoms with Crippen LogP contribution in [-0.2, 0) is 19.4 Å². The van der Waals surface area contributed by atoms with Crippen LogP contribution in [0, 0.1) is 5.82 Å². The van der Waals surface area contributed by atoms with Gasteiger partial charge in [0.05, 0.1) is 14.2 Å². The van der Waals surface area contributed by atoms with Crippen molar-refractivity contribution >= 4 is 5.69 Å². The largest absolute Gasteiger partial charge is 0.508 e. The summed E-state index contributed by atoms with van der Waals surface area (Å²) in [5, 5.41) is 9.98. The highest BCUT2D eigenvalue weighted by molar-refractivity contribution is 5.64. The minimum absolute atomic E-state index is 0.101. The Morgan fingerprint density at radius 2 is 1.62 bits per heavy atom. The number of likely N-dealkylation sites (tertiary alicyclic amines) is 1. The Morgan fingerprint density at radius 3 is 2.29 bits per heavy atom. The molecule has 45 heavy (non-hydrogen) atoms. The summed E-state index contributed by atoms with van der Waals surface area (Å²) in [5.41, 5.74) is 5.81. The van der Waals surface area contributed by atoms with E-state index in [1.165, 1.54) is 23.1 Å². The standard InChI is InChI=1S/C38H51FN2O4/c1-8-40(25-26-10-15-34(32(39)20-26)45-19-18-41-37(2,3)16-9-17-38(41,4)5)33-24-36(44-7)35(43-6)23-31(33)29-12-11-28-22-30(42)14-13-27(28)21-29/h10,13-15,20,22-24,29,42H,8-9,11-12,16-19,21,25H2,1-7H3. The smallest absolute Gasteiger partial charge is 0.165 e. The van der Waals surface area contributed by atoms with E-state index in [2.05, 4.69) is 56.6 Å². The molecule has 3 aromatic rings. The number of aryl methyl sites for hydroxylation is 1. The highest BCUT2D eigenvalue weighted by Crippen LogP contribution is 2.44. The van der Waals surface area contributed by atoms with E-state index in [0.29, 0.717) is 36.1 Å². The van der Waals surface area contributed by atoms with Gasteiger partial charge in [-0.1, -0.05) is 12.1 Å². The average molecular weight is 619 g/mol. The lowest BCUT2D eigenvalue weighted by Gasteiger charge is -2.53. The molecule has 3 aromatic carbocycles. The summed E-state index contributed by atoms with van der Waals surface area (Å²) in [4.78, 5) is 4.80. The number of piperidine rings is 1. The average Bonchev–Trinajstić information content (AvgIpc) is 3.00.